The summed E-state index contributed by atoms with van der Waals surface area (Å²) >= 11 is 1.65. The summed E-state index contributed by atoms with van der Waals surface area (Å²) in [6.45, 7) is 1.55. The molecule has 3 aromatic rings. The normalized spacial score (nSPS) is 10.6. The summed E-state index contributed by atoms with van der Waals surface area (Å²) in [4.78, 5) is 5.59. The fourth-order valence-electron chi connectivity index (χ4n) is 3.06. The first-order valence-corrected chi connectivity index (χ1v) is 10.1. The smallest absolute Gasteiger partial charge is 0.169 e. The van der Waals surface area contributed by atoms with Crippen molar-refractivity contribution in [2.75, 3.05) is 35.0 Å². The minimum atomic E-state index is 0.713. The van der Waals surface area contributed by atoms with Crippen LogP contribution in [0.5, 0.6) is 23.0 Å². The van der Waals surface area contributed by atoms with Crippen molar-refractivity contribution in [3.63, 3.8) is 0 Å². The average Bonchev–Trinajstić information content (AvgIpc) is 3.24. The first-order chi connectivity index (χ1) is 14.2. The SMILES string of the molecule is COc1ccc(CCNCc2ncc(-c3cccc(OC)c3OC)s2)cc1OC. The van der Waals surface area contributed by atoms with Gasteiger partial charge in [0.05, 0.1) is 33.3 Å². The highest BCUT2D eigenvalue weighted by molar-refractivity contribution is 7.15. The van der Waals surface area contributed by atoms with Gasteiger partial charge in [-0.15, -0.1) is 11.3 Å². The van der Waals surface area contributed by atoms with Crippen molar-refractivity contribution in [2.24, 2.45) is 0 Å². The van der Waals surface area contributed by atoms with Crippen molar-refractivity contribution in [3.8, 4) is 33.4 Å². The third-order valence-corrected chi connectivity index (χ3v) is 5.57. The van der Waals surface area contributed by atoms with Crippen molar-refractivity contribution in [1.29, 1.82) is 0 Å². The summed E-state index contributed by atoms with van der Waals surface area (Å²) in [5.41, 5.74) is 2.18. The molecule has 0 radical (unpaired) electrons. The molecule has 0 bridgehead atoms. The molecule has 0 spiro atoms. The topological polar surface area (TPSA) is 61.8 Å². The monoisotopic (exact) mass is 414 g/mol. The highest BCUT2D eigenvalue weighted by atomic mass is 32.1. The molecule has 3 rings (SSSR count). The molecule has 1 aromatic heterocycles. The Labute approximate surface area is 175 Å². The van der Waals surface area contributed by atoms with Crippen LogP contribution in [0.4, 0.5) is 0 Å². The fraction of sp³-hybridized carbons (Fsp3) is 0.318. The Bertz CT molecular complexity index is 942. The largest absolute Gasteiger partial charge is 0.493 e. The number of methoxy groups -OCH3 is 4. The second-order valence-electron chi connectivity index (χ2n) is 6.28. The van der Waals surface area contributed by atoms with E-state index in [9.17, 15) is 0 Å². The maximum atomic E-state index is 5.53. The molecule has 0 saturated carbocycles. The lowest BCUT2D eigenvalue weighted by Crippen LogP contribution is -2.16. The first-order valence-electron chi connectivity index (χ1n) is 9.27. The molecule has 1 heterocycles. The number of aromatic nitrogens is 1. The van der Waals surface area contributed by atoms with E-state index in [1.165, 1.54) is 5.56 Å². The van der Waals surface area contributed by atoms with Crippen LogP contribution < -0.4 is 24.3 Å². The Balaban J connectivity index is 1.58. The maximum Gasteiger partial charge on any atom is 0.169 e. The first kappa shape index (κ1) is 21.0. The van der Waals surface area contributed by atoms with Gasteiger partial charge in [-0.05, 0) is 42.8 Å². The van der Waals surface area contributed by atoms with E-state index in [-0.39, 0.29) is 0 Å². The van der Waals surface area contributed by atoms with Crippen LogP contribution in [0.3, 0.4) is 0 Å². The van der Waals surface area contributed by atoms with Crippen LogP contribution in [0.25, 0.3) is 10.4 Å². The van der Waals surface area contributed by atoms with Gasteiger partial charge in [-0.3, -0.25) is 0 Å². The number of rotatable bonds is 10. The second kappa shape index (κ2) is 10.1. The number of para-hydroxylation sites is 1. The van der Waals surface area contributed by atoms with Gasteiger partial charge in [-0.1, -0.05) is 12.1 Å². The number of ether oxygens (including phenoxy) is 4. The quantitative estimate of drug-likeness (QED) is 0.502. The van der Waals surface area contributed by atoms with Gasteiger partial charge < -0.3 is 24.3 Å². The molecule has 0 saturated heterocycles. The number of hydrogen-bond donors (Lipinski definition) is 1. The lowest BCUT2D eigenvalue weighted by molar-refractivity contribution is 0.354. The highest BCUT2D eigenvalue weighted by Crippen LogP contribution is 2.39. The van der Waals surface area contributed by atoms with Crippen LogP contribution in [-0.2, 0) is 13.0 Å². The predicted octanol–water partition coefficient (Wildman–Crippen LogP) is 4.18. The molecule has 0 aliphatic rings. The maximum absolute atomic E-state index is 5.53. The van der Waals surface area contributed by atoms with Crippen molar-refractivity contribution < 1.29 is 18.9 Å². The molecule has 0 atom stereocenters. The van der Waals surface area contributed by atoms with E-state index >= 15 is 0 Å². The molecule has 1 N–H and O–H groups in total. The van der Waals surface area contributed by atoms with Crippen LogP contribution in [0.2, 0.25) is 0 Å². The van der Waals surface area contributed by atoms with Gasteiger partial charge in [-0.2, -0.15) is 0 Å². The minimum Gasteiger partial charge on any atom is -0.493 e. The second-order valence-corrected chi connectivity index (χ2v) is 7.39. The van der Waals surface area contributed by atoms with E-state index in [0.717, 1.165) is 45.7 Å². The van der Waals surface area contributed by atoms with Gasteiger partial charge in [0.15, 0.2) is 23.0 Å². The Morgan fingerprint density at radius 3 is 2.41 bits per heavy atom. The average molecular weight is 415 g/mol. The number of nitrogens with one attached hydrogen (secondary N) is 1. The van der Waals surface area contributed by atoms with Crippen LogP contribution in [0.15, 0.2) is 42.6 Å². The van der Waals surface area contributed by atoms with Gasteiger partial charge in [0.25, 0.3) is 0 Å². The predicted molar refractivity (Wildman–Crippen MR) is 116 cm³/mol. The molecule has 29 heavy (non-hydrogen) atoms. The molecule has 0 amide bonds. The number of nitrogens with zero attached hydrogens (tertiary/aromatic N) is 1. The van der Waals surface area contributed by atoms with Crippen LogP contribution >= 0.6 is 11.3 Å². The highest BCUT2D eigenvalue weighted by Gasteiger charge is 2.14. The van der Waals surface area contributed by atoms with Crippen molar-refractivity contribution >= 4 is 11.3 Å². The number of hydrogen-bond acceptors (Lipinski definition) is 7. The molecule has 0 fully saturated rings. The zero-order chi connectivity index (χ0) is 20.6. The molecule has 0 aliphatic carbocycles. The summed E-state index contributed by atoms with van der Waals surface area (Å²) in [5, 5.41) is 4.48. The Morgan fingerprint density at radius 1 is 0.897 bits per heavy atom. The van der Waals surface area contributed by atoms with Crippen molar-refractivity contribution in [2.45, 2.75) is 13.0 Å². The Kier molecular flexibility index (Phi) is 7.32. The van der Waals surface area contributed by atoms with E-state index in [2.05, 4.69) is 16.4 Å². The molecule has 7 heteroatoms. The lowest BCUT2D eigenvalue weighted by Gasteiger charge is -2.10. The van der Waals surface area contributed by atoms with Gasteiger partial charge in [-0.25, -0.2) is 4.98 Å². The summed E-state index contributed by atoms with van der Waals surface area (Å²) in [7, 11) is 6.58. The Hall–Kier alpha value is -2.77. The molecule has 0 aliphatic heterocycles. The van der Waals surface area contributed by atoms with Crippen LogP contribution in [0.1, 0.15) is 10.6 Å². The van der Waals surface area contributed by atoms with Crippen LogP contribution in [-0.4, -0.2) is 40.0 Å². The summed E-state index contributed by atoms with van der Waals surface area (Å²) in [6, 6.07) is 11.9. The third kappa shape index (κ3) is 4.99. The van der Waals surface area contributed by atoms with Crippen molar-refractivity contribution in [1.82, 2.24) is 10.3 Å². The summed E-state index contributed by atoms with van der Waals surface area (Å²) < 4.78 is 21.6. The van der Waals surface area contributed by atoms with E-state index in [0.29, 0.717) is 12.3 Å². The molecule has 0 unspecified atom stereocenters. The summed E-state index contributed by atoms with van der Waals surface area (Å²) in [6.07, 6.45) is 2.77. The van der Waals surface area contributed by atoms with Gasteiger partial charge in [0.1, 0.15) is 5.01 Å². The van der Waals surface area contributed by atoms with Gasteiger partial charge in [0.2, 0.25) is 0 Å². The summed E-state index contributed by atoms with van der Waals surface area (Å²) in [5.74, 6) is 2.94. The zero-order valence-electron chi connectivity index (χ0n) is 17.2. The molecule has 154 valence electrons. The zero-order valence-corrected chi connectivity index (χ0v) is 18.0. The molecular weight excluding hydrogens is 388 g/mol. The third-order valence-electron chi connectivity index (χ3n) is 4.54. The molecule has 2 aromatic carbocycles. The molecular formula is C22H26N2O4S. The van der Waals surface area contributed by atoms with E-state index in [1.54, 1.807) is 39.8 Å². The fourth-order valence-corrected chi connectivity index (χ4v) is 3.97. The van der Waals surface area contributed by atoms with E-state index < -0.39 is 0 Å². The number of thiazole rings is 1. The standard InChI is InChI=1S/C22H26N2O4S/c1-25-17-9-8-15(12-19(17)27-3)10-11-23-14-21-24-13-20(29-21)16-6-5-7-18(26-2)22(16)28-4/h5-9,12-13,23H,10-11,14H2,1-4H3. The van der Waals surface area contributed by atoms with E-state index in [4.69, 9.17) is 18.9 Å². The number of benzene rings is 2. The molecule has 6 nitrogen and oxygen atoms in total. The van der Waals surface area contributed by atoms with Crippen molar-refractivity contribution in [3.05, 3.63) is 53.2 Å². The minimum absolute atomic E-state index is 0.713. The van der Waals surface area contributed by atoms with Gasteiger partial charge in [0, 0.05) is 18.3 Å². The Morgan fingerprint density at radius 2 is 1.69 bits per heavy atom. The lowest BCUT2D eigenvalue weighted by atomic mass is 10.1. The van der Waals surface area contributed by atoms with E-state index in [1.807, 2.05) is 36.5 Å². The van der Waals surface area contributed by atoms with Gasteiger partial charge >= 0.3 is 0 Å². The van der Waals surface area contributed by atoms with Crippen LogP contribution in [0, 0.1) is 0 Å².